The molecular weight excluding hydrogens is 378 g/mol. The number of nitrogens with two attached hydrogens (primary N) is 1. The molecule has 0 saturated carbocycles. The summed E-state index contributed by atoms with van der Waals surface area (Å²) in [4.78, 5) is 16.8. The Morgan fingerprint density at radius 1 is 1.36 bits per heavy atom. The molecule has 3 rings (SSSR count). The first-order valence-electron chi connectivity index (χ1n) is 9.17. The van der Waals surface area contributed by atoms with Crippen LogP contribution < -0.4 is 20.5 Å². The number of thioether (sulfide) groups is 1. The maximum atomic E-state index is 12.3. The number of benzene rings is 1. The Kier molecular flexibility index (Phi) is 6.13. The first-order valence-corrected chi connectivity index (χ1v) is 10.2. The van der Waals surface area contributed by atoms with Crippen molar-refractivity contribution < 1.29 is 14.3 Å². The summed E-state index contributed by atoms with van der Waals surface area (Å²) in [5.41, 5.74) is 7.63. The average molecular weight is 404 g/mol. The normalized spacial score (nSPS) is 15.8. The third kappa shape index (κ3) is 3.80. The molecule has 0 saturated heterocycles. The molecule has 28 heavy (non-hydrogen) atoms. The van der Waals surface area contributed by atoms with Crippen molar-refractivity contribution in [3.8, 4) is 11.5 Å². The van der Waals surface area contributed by atoms with Crippen LogP contribution in [0.2, 0.25) is 0 Å². The van der Waals surface area contributed by atoms with Gasteiger partial charge in [-0.1, -0.05) is 31.7 Å². The Bertz CT molecular complexity index is 909. The number of carbonyl (C=O) groups is 1. The highest BCUT2D eigenvalue weighted by Gasteiger charge is 2.33. The third-order valence-electron chi connectivity index (χ3n) is 4.34. The molecule has 0 spiro atoms. The number of rotatable bonds is 8. The average Bonchev–Trinajstić information content (AvgIpc) is 3.07. The van der Waals surface area contributed by atoms with Crippen LogP contribution in [0.4, 0.5) is 5.95 Å². The van der Waals surface area contributed by atoms with E-state index in [0.717, 1.165) is 17.7 Å². The Hall–Kier alpha value is -2.68. The molecule has 0 aliphatic carbocycles. The number of allylic oxidation sites excluding steroid dienone is 1. The van der Waals surface area contributed by atoms with E-state index in [0.29, 0.717) is 40.5 Å². The zero-order valence-corrected chi connectivity index (χ0v) is 17.3. The maximum absolute atomic E-state index is 12.3. The smallest absolute Gasteiger partial charge is 0.248 e. The lowest BCUT2D eigenvalue weighted by Gasteiger charge is -2.28. The van der Waals surface area contributed by atoms with Crippen LogP contribution in [0.1, 0.15) is 38.8 Å². The minimum atomic E-state index is -0.508. The number of nitrogens with zero attached hydrogens (tertiary/aromatic N) is 3. The highest BCUT2D eigenvalue weighted by molar-refractivity contribution is 7.99. The lowest BCUT2D eigenvalue weighted by atomic mass is 9.95. The van der Waals surface area contributed by atoms with E-state index in [1.807, 2.05) is 39.0 Å². The van der Waals surface area contributed by atoms with E-state index in [4.69, 9.17) is 15.2 Å². The van der Waals surface area contributed by atoms with Crippen LogP contribution in [-0.4, -0.2) is 40.1 Å². The summed E-state index contributed by atoms with van der Waals surface area (Å²) in [5, 5.41) is 8.36. The van der Waals surface area contributed by atoms with Gasteiger partial charge in [0.15, 0.2) is 11.5 Å². The molecule has 1 aliphatic rings. The molecule has 0 radical (unpaired) electrons. The molecule has 3 N–H and O–H groups in total. The van der Waals surface area contributed by atoms with Gasteiger partial charge >= 0.3 is 0 Å². The number of anilines is 1. The molecule has 1 aliphatic heterocycles. The monoisotopic (exact) mass is 403 g/mol. The Balaban J connectivity index is 2.10. The van der Waals surface area contributed by atoms with Crippen molar-refractivity contribution >= 4 is 23.6 Å². The van der Waals surface area contributed by atoms with Crippen molar-refractivity contribution in [2.45, 2.75) is 38.4 Å². The molecule has 0 fully saturated rings. The summed E-state index contributed by atoms with van der Waals surface area (Å²) in [6, 6.07) is 5.10. The second-order valence-electron chi connectivity index (χ2n) is 6.28. The molecule has 1 unspecified atom stereocenters. The van der Waals surface area contributed by atoms with Crippen molar-refractivity contribution in [2.75, 3.05) is 24.8 Å². The van der Waals surface area contributed by atoms with Crippen LogP contribution in [-0.2, 0) is 4.79 Å². The number of carbonyl (C=O) groups excluding carboxylic acids is 1. The lowest BCUT2D eigenvalue weighted by molar-refractivity contribution is -0.115. The summed E-state index contributed by atoms with van der Waals surface area (Å²) in [6.45, 7) is 6.49. The van der Waals surface area contributed by atoms with Crippen LogP contribution >= 0.6 is 11.8 Å². The fourth-order valence-corrected chi connectivity index (χ4v) is 3.69. The molecule has 9 heteroatoms. The number of nitrogens with one attached hydrogen (secondary N) is 1. The molecule has 1 amide bonds. The number of aromatic nitrogens is 3. The van der Waals surface area contributed by atoms with Crippen LogP contribution in [0.5, 0.6) is 11.5 Å². The van der Waals surface area contributed by atoms with Gasteiger partial charge in [-0.3, -0.25) is 4.79 Å². The summed E-state index contributed by atoms with van der Waals surface area (Å²) in [6.07, 6.45) is 0.896. The minimum absolute atomic E-state index is 0.440. The zero-order valence-electron chi connectivity index (χ0n) is 16.5. The molecule has 1 atom stereocenters. The number of hydrogen-bond acceptors (Lipinski definition) is 7. The quantitative estimate of drug-likeness (QED) is 0.653. The number of primary amides is 1. The number of fused-ring (bicyclic) bond motifs is 1. The van der Waals surface area contributed by atoms with Crippen LogP contribution in [0.3, 0.4) is 0 Å². The Morgan fingerprint density at radius 2 is 2.14 bits per heavy atom. The van der Waals surface area contributed by atoms with E-state index in [-0.39, 0.29) is 0 Å². The van der Waals surface area contributed by atoms with Gasteiger partial charge in [0.25, 0.3) is 0 Å². The van der Waals surface area contributed by atoms with E-state index >= 15 is 0 Å². The van der Waals surface area contributed by atoms with Gasteiger partial charge in [-0.15, -0.1) is 5.10 Å². The largest absolute Gasteiger partial charge is 0.493 e. The highest BCUT2D eigenvalue weighted by atomic mass is 32.2. The topological polar surface area (TPSA) is 104 Å². The first-order chi connectivity index (χ1) is 13.5. The predicted molar refractivity (Wildman–Crippen MR) is 109 cm³/mol. The molecule has 1 aromatic carbocycles. The number of methoxy groups -OCH3 is 1. The zero-order chi connectivity index (χ0) is 20.3. The van der Waals surface area contributed by atoms with Crippen molar-refractivity contribution in [1.29, 1.82) is 0 Å². The Morgan fingerprint density at radius 3 is 2.79 bits per heavy atom. The summed E-state index contributed by atoms with van der Waals surface area (Å²) in [7, 11) is 1.59. The number of hydrogen-bond donors (Lipinski definition) is 2. The summed E-state index contributed by atoms with van der Waals surface area (Å²) in [5.74, 6) is 2.17. The fraction of sp³-hybridized carbons (Fsp3) is 0.421. The van der Waals surface area contributed by atoms with Crippen LogP contribution in [0.15, 0.2) is 34.6 Å². The highest BCUT2D eigenvalue weighted by Crippen LogP contribution is 2.39. The Labute approximate surface area is 168 Å². The van der Waals surface area contributed by atoms with Crippen LogP contribution in [0, 0.1) is 0 Å². The minimum Gasteiger partial charge on any atom is -0.493 e. The van der Waals surface area contributed by atoms with E-state index in [1.54, 1.807) is 11.8 Å². The second-order valence-corrected chi connectivity index (χ2v) is 7.52. The summed E-state index contributed by atoms with van der Waals surface area (Å²) >= 11 is 1.53. The van der Waals surface area contributed by atoms with Gasteiger partial charge < -0.3 is 20.5 Å². The molecule has 150 valence electrons. The van der Waals surface area contributed by atoms with Gasteiger partial charge in [0.05, 0.1) is 19.3 Å². The molecule has 8 nitrogen and oxygen atoms in total. The van der Waals surface area contributed by atoms with Crippen molar-refractivity contribution in [3.05, 3.63) is 35.0 Å². The predicted octanol–water partition coefficient (Wildman–Crippen LogP) is 2.96. The third-order valence-corrected chi connectivity index (χ3v) is 5.06. The number of ether oxygens (including phenoxy) is 2. The van der Waals surface area contributed by atoms with E-state index in [2.05, 4.69) is 15.4 Å². The second kappa shape index (κ2) is 8.55. The lowest BCUT2D eigenvalue weighted by Crippen LogP contribution is -2.31. The van der Waals surface area contributed by atoms with E-state index in [9.17, 15) is 4.79 Å². The molecule has 2 aromatic rings. The van der Waals surface area contributed by atoms with E-state index in [1.165, 1.54) is 11.8 Å². The van der Waals surface area contributed by atoms with Gasteiger partial charge in [-0.2, -0.15) is 4.98 Å². The van der Waals surface area contributed by atoms with Crippen molar-refractivity contribution in [3.63, 3.8) is 0 Å². The van der Waals surface area contributed by atoms with Crippen molar-refractivity contribution in [2.24, 2.45) is 5.73 Å². The number of amides is 1. The van der Waals surface area contributed by atoms with Gasteiger partial charge in [0, 0.05) is 5.70 Å². The van der Waals surface area contributed by atoms with Crippen molar-refractivity contribution in [1.82, 2.24) is 14.8 Å². The van der Waals surface area contributed by atoms with Gasteiger partial charge in [-0.25, -0.2) is 4.68 Å². The first kappa shape index (κ1) is 20.1. The molecule has 0 bridgehead atoms. The maximum Gasteiger partial charge on any atom is 0.248 e. The summed E-state index contributed by atoms with van der Waals surface area (Å²) < 4.78 is 12.9. The molecular formula is C19H25N5O3S. The van der Waals surface area contributed by atoms with Gasteiger partial charge in [0.1, 0.15) is 6.04 Å². The fourth-order valence-electron chi connectivity index (χ4n) is 3.13. The molecule has 2 heterocycles. The van der Waals surface area contributed by atoms with Crippen LogP contribution in [0.25, 0.3) is 0 Å². The van der Waals surface area contributed by atoms with Gasteiger partial charge in [-0.05, 0) is 36.8 Å². The SMILES string of the molecule is CCCOc1ccc(C2C(C(N)=O)=C(C)Nc3nc(SCC)nn32)cc1OC. The standard InChI is InChI=1S/C19H25N5O3S/c1-5-9-27-13-8-7-12(10-14(13)26-4)16-15(17(20)25)11(3)21-18-22-19(28-6-2)23-24(16)18/h7-8,10,16H,5-6,9H2,1-4H3,(H2,20,25)(H,21,22,23). The molecule has 1 aromatic heterocycles. The van der Waals surface area contributed by atoms with E-state index < -0.39 is 11.9 Å². The van der Waals surface area contributed by atoms with Gasteiger partial charge in [0.2, 0.25) is 17.0 Å².